The molecule has 0 fully saturated rings. The molecule has 1 heterocycles. The highest BCUT2D eigenvalue weighted by atomic mass is 15.2. The maximum Gasteiger partial charge on any atom is 0.0482 e. The quantitative estimate of drug-likeness (QED) is 0.635. The minimum absolute atomic E-state index is 0.318. The van der Waals surface area contributed by atoms with Crippen LogP contribution >= 0.6 is 0 Å². The highest BCUT2D eigenvalue weighted by Crippen LogP contribution is 2.36. The van der Waals surface area contributed by atoms with Gasteiger partial charge in [0.25, 0.3) is 0 Å². The number of nitrogens with two attached hydrogens (primary N) is 1. The smallest absolute Gasteiger partial charge is 0.0482 e. The van der Waals surface area contributed by atoms with Gasteiger partial charge in [-0.15, -0.1) is 0 Å². The maximum absolute atomic E-state index is 5.82. The number of hydrogen-bond acceptors (Lipinski definition) is 3. The molecule has 1 aliphatic rings. The number of rotatable bonds is 4. The molecule has 3 N–H and O–H groups in total. The number of nitrogens with zero attached hydrogens (tertiary/aromatic N) is 1. The van der Waals surface area contributed by atoms with Gasteiger partial charge in [0.05, 0.1) is 0 Å². The molecule has 0 aliphatic heterocycles. The summed E-state index contributed by atoms with van der Waals surface area (Å²) in [6, 6.07) is 4.57. The second kappa shape index (κ2) is 5.81. The average molecular weight is 247 g/mol. The Kier molecular flexibility index (Phi) is 4.36. The summed E-state index contributed by atoms with van der Waals surface area (Å²) in [6.45, 7) is 6.81. The van der Waals surface area contributed by atoms with Gasteiger partial charge in [-0.1, -0.05) is 26.8 Å². The lowest BCUT2D eigenvalue weighted by Gasteiger charge is -2.36. The van der Waals surface area contributed by atoms with Gasteiger partial charge in [-0.25, -0.2) is 0 Å². The van der Waals surface area contributed by atoms with Gasteiger partial charge in [0.2, 0.25) is 0 Å². The van der Waals surface area contributed by atoms with Gasteiger partial charge < -0.3 is 0 Å². The van der Waals surface area contributed by atoms with Crippen molar-refractivity contribution in [2.45, 2.75) is 52.0 Å². The van der Waals surface area contributed by atoms with E-state index in [0.29, 0.717) is 23.8 Å². The van der Waals surface area contributed by atoms with Gasteiger partial charge in [0, 0.05) is 23.9 Å². The van der Waals surface area contributed by atoms with Crippen LogP contribution in [-0.4, -0.2) is 11.0 Å². The highest BCUT2D eigenvalue weighted by molar-refractivity contribution is 5.27. The summed E-state index contributed by atoms with van der Waals surface area (Å²) < 4.78 is 0. The molecule has 3 atom stereocenters. The summed E-state index contributed by atoms with van der Waals surface area (Å²) in [7, 11) is 0. The lowest BCUT2D eigenvalue weighted by atomic mass is 9.75. The number of aromatic nitrogens is 1. The van der Waals surface area contributed by atoms with Crippen molar-refractivity contribution in [1.29, 1.82) is 0 Å². The van der Waals surface area contributed by atoms with Crippen LogP contribution in [0.2, 0.25) is 0 Å². The van der Waals surface area contributed by atoms with Crippen molar-refractivity contribution in [3.8, 4) is 0 Å². The monoisotopic (exact) mass is 247 g/mol. The van der Waals surface area contributed by atoms with E-state index in [9.17, 15) is 0 Å². The Morgan fingerprint density at radius 3 is 2.83 bits per heavy atom. The van der Waals surface area contributed by atoms with E-state index in [4.69, 9.17) is 5.84 Å². The van der Waals surface area contributed by atoms with E-state index in [1.54, 1.807) is 0 Å². The van der Waals surface area contributed by atoms with Gasteiger partial charge in [-0.05, 0) is 42.7 Å². The summed E-state index contributed by atoms with van der Waals surface area (Å²) >= 11 is 0. The fraction of sp³-hybridized carbons (Fsp3) is 0.667. The predicted octanol–water partition coefficient (Wildman–Crippen LogP) is 2.63. The second-order valence-corrected chi connectivity index (χ2v) is 5.84. The molecule has 1 aliphatic carbocycles. The first-order chi connectivity index (χ1) is 8.65. The Balaban J connectivity index is 2.28. The van der Waals surface area contributed by atoms with E-state index in [0.717, 1.165) is 6.42 Å². The number of hydrogen-bond donors (Lipinski definition) is 2. The molecule has 3 heteroatoms. The van der Waals surface area contributed by atoms with Crippen molar-refractivity contribution < 1.29 is 0 Å². The normalized spacial score (nSPS) is 22.6. The number of aryl methyl sites for hydroxylation is 1. The van der Waals surface area contributed by atoms with Crippen LogP contribution in [0.1, 0.15) is 50.8 Å². The standard InChI is InChI=1S/C15H25N3/c1-10(2)11(3)14(18-16)13-8-4-6-12-7-5-9-17-15(12)13/h5,7,9-11,13-14,18H,4,6,8,16H2,1-3H3. The third-order valence-corrected chi connectivity index (χ3v) is 4.48. The molecule has 0 aromatic carbocycles. The molecule has 0 saturated carbocycles. The molecule has 0 spiro atoms. The van der Waals surface area contributed by atoms with E-state index in [1.807, 2.05) is 12.3 Å². The van der Waals surface area contributed by atoms with Crippen LogP contribution in [0.4, 0.5) is 0 Å². The minimum atomic E-state index is 0.318. The summed E-state index contributed by atoms with van der Waals surface area (Å²) in [6.07, 6.45) is 5.50. The second-order valence-electron chi connectivity index (χ2n) is 5.84. The zero-order valence-electron chi connectivity index (χ0n) is 11.7. The molecule has 2 rings (SSSR count). The number of pyridine rings is 1. The zero-order valence-corrected chi connectivity index (χ0v) is 11.7. The van der Waals surface area contributed by atoms with Crippen LogP contribution in [0, 0.1) is 11.8 Å². The van der Waals surface area contributed by atoms with Crippen LogP contribution < -0.4 is 11.3 Å². The molecule has 1 aromatic rings. The zero-order chi connectivity index (χ0) is 13.1. The Hall–Kier alpha value is -0.930. The third-order valence-electron chi connectivity index (χ3n) is 4.48. The fourth-order valence-electron chi connectivity index (χ4n) is 3.04. The Bertz CT molecular complexity index is 389. The van der Waals surface area contributed by atoms with Crippen molar-refractivity contribution in [2.75, 3.05) is 0 Å². The van der Waals surface area contributed by atoms with Crippen LogP contribution in [0.3, 0.4) is 0 Å². The lowest BCUT2D eigenvalue weighted by Crippen LogP contribution is -2.46. The summed E-state index contributed by atoms with van der Waals surface area (Å²) in [5.41, 5.74) is 5.72. The first-order valence-corrected chi connectivity index (χ1v) is 7.05. The highest BCUT2D eigenvalue weighted by Gasteiger charge is 2.32. The van der Waals surface area contributed by atoms with E-state index in [1.165, 1.54) is 24.1 Å². The predicted molar refractivity (Wildman–Crippen MR) is 75.0 cm³/mol. The first kappa shape index (κ1) is 13.5. The van der Waals surface area contributed by atoms with Gasteiger partial charge in [-0.2, -0.15) is 0 Å². The fourth-order valence-corrected chi connectivity index (χ4v) is 3.04. The molecule has 0 radical (unpaired) electrons. The van der Waals surface area contributed by atoms with E-state index < -0.39 is 0 Å². The molecular weight excluding hydrogens is 222 g/mol. The topological polar surface area (TPSA) is 50.9 Å². The summed E-state index contributed by atoms with van der Waals surface area (Å²) in [4.78, 5) is 4.62. The van der Waals surface area contributed by atoms with Crippen molar-refractivity contribution in [3.05, 3.63) is 29.6 Å². The Morgan fingerprint density at radius 2 is 2.17 bits per heavy atom. The van der Waals surface area contributed by atoms with Crippen molar-refractivity contribution in [2.24, 2.45) is 17.7 Å². The molecule has 100 valence electrons. The number of fused-ring (bicyclic) bond motifs is 1. The van der Waals surface area contributed by atoms with Gasteiger partial charge in [-0.3, -0.25) is 16.3 Å². The number of hydrazine groups is 1. The van der Waals surface area contributed by atoms with Crippen LogP contribution in [0.25, 0.3) is 0 Å². The molecule has 3 nitrogen and oxygen atoms in total. The molecular formula is C15H25N3. The summed E-state index contributed by atoms with van der Waals surface area (Å²) in [5.74, 6) is 7.45. The third kappa shape index (κ3) is 2.57. The largest absolute Gasteiger partial charge is 0.271 e. The molecule has 0 amide bonds. The molecule has 1 aromatic heterocycles. The SMILES string of the molecule is CC(C)C(C)C(NN)C1CCCc2cccnc21. The number of nitrogens with one attached hydrogen (secondary N) is 1. The average Bonchev–Trinajstić information content (AvgIpc) is 2.39. The Morgan fingerprint density at radius 1 is 1.39 bits per heavy atom. The van der Waals surface area contributed by atoms with Crippen molar-refractivity contribution >= 4 is 0 Å². The molecule has 0 saturated heterocycles. The van der Waals surface area contributed by atoms with Crippen molar-refractivity contribution in [1.82, 2.24) is 10.4 Å². The summed E-state index contributed by atoms with van der Waals surface area (Å²) in [5, 5.41) is 0. The molecule has 3 unspecified atom stereocenters. The van der Waals surface area contributed by atoms with E-state index >= 15 is 0 Å². The van der Waals surface area contributed by atoms with E-state index in [2.05, 4.69) is 37.2 Å². The van der Waals surface area contributed by atoms with Gasteiger partial charge in [0.1, 0.15) is 0 Å². The van der Waals surface area contributed by atoms with Crippen LogP contribution in [0.15, 0.2) is 18.3 Å². The van der Waals surface area contributed by atoms with Crippen molar-refractivity contribution in [3.63, 3.8) is 0 Å². The lowest BCUT2D eigenvalue weighted by molar-refractivity contribution is 0.248. The maximum atomic E-state index is 5.82. The van der Waals surface area contributed by atoms with Crippen LogP contribution in [0.5, 0.6) is 0 Å². The molecule has 18 heavy (non-hydrogen) atoms. The van der Waals surface area contributed by atoms with Gasteiger partial charge in [0.15, 0.2) is 0 Å². The van der Waals surface area contributed by atoms with E-state index in [-0.39, 0.29) is 0 Å². The Labute approximate surface area is 110 Å². The minimum Gasteiger partial charge on any atom is -0.271 e. The molecule has 0 bridgehead atoms. The first-order valence-electron chi connectivity index (χ1n) is 7.05. The van der Waals surface area contributed by atoms with Crippen LogP contribution in [-0.2, 0) is 6.42 Å². The van der Waals surface area contributed by atoms with Gasteiger partial charge >= 0.3 is 0 Å².